The van der Waals surface area contributed by atoms with Gasteiger partial charge in [-0.05, 0) is 24.4 Å². The van der Waals surface area contributed by atoms with E-state index in [4.69, 9.17) is 4.74 Å². The number of quaternary nitrogens is 1. The molecule has 7 nitrogen and oxygen atoms in total. The van der Waals surface area contributed by atoms with Gasteiger partial charge in [0, 0.05) is 6.07 Å². The largest absolute Gasteiger partial charge is 0.494 e. The molecule has 0 aliphatic heterocycles. The highest BCUT2D eigenvalue weighted by Crippen LogP contribution is 2.28. The van der Waals surface area contributed by atoms with Gasteiger partial charge in [-0.15, -0.1) is 11.3 Å². The zero-order chi connectivity index (χ0) is 17.7. The van der Waals surface area contributed by atoms with Gasteiger partial charge in [0.15, 0.2) is 6.04 Å². The Morgan fingerprint density at radius 2 is 2.21 bits per heavy atom. The average molecular weight is 350 g/mol. The van der Waals surface area contributed by atoms with Crippen molar-refractivity contribution in [2.75, 3.05) is 19.5 Å². The van der Waals surface area contributed by atoms with Crippen molar-refractivity contribution >= 4 is 28.6 Å². The first-order chi connectivity index (χ1) is 11.4. The molecule has 0 saturated carbocycles. The summed E-state index contributed by atoms with van der Waals surface area (Å²) in [6.07, 6.45) is 0. The lowest BCUT2D eigenvalue weighted by Crippen LogP contribution is -3.12. The van der Waals surface area contributed by atoms with Gasteiger partial charge in [-0.25, -0.2) is 0 Å². The Bertz CT molecular complexity index is 718. The zero-order valence-electron chi connectivity index (χ0n) is 13.7. The summed E-state index contributed by atoms with van der Waals surface area (Å²) >= 11 is 1.66. The number of nitro groups is 1. The Balaban J connectivity index is 2.06. The van der Waals surface area contributed by atoms with Gasteiger partial charge >= 0.3 is 0 Å². The molecule has 2 atom stereocenters. The van der Waals surface area contributed by atoms with E-state index in [1.54, 1.807) is 11.3 Å². The fourth-order valence-corrected chi connectivity index (χ4v) is 3.00. The van der Waals surface area contributed by atoms with Crippen LogP contribution in [0.1, 0.15) is 11.8 Å². The van der Waals surface area contributed by atoms with Gasteiger partial charge in [-0.3, -0.25) is 14.9 Å². The van der Waals surface area contributed by atoms with Crippen molar-refractivity contribution < 1.29 is 19.4 Å². The van der Waals surface area contributed by atoms with Gasteiger partial charge in [0.2, 0.25) is 0 Å². The van der Waals surface area contributed by atoms with E-state index in [2.05, 4.69) is 5.32 Å². The summed E-state index contributed by atoms with van der Waals surface area (Å²) in [6.45, 7) is 2.60. The number of carbonyl (C=O) groups excluding carboxylic acids is 1. The predicted molar refractivity (Wildman–Crippen MR) is 92.6 cm³/mol. The number of methoxy groups -OCH3 is 1. The number of non-ortho nitro benzene ring substituents is 1. The number of hydrogen-bond acceptors (Lipinski definition) is 5. The second-order valence-corrected chi connectivity index (χ2v) is 6.49. The van der Waals surface area contributed by atoms with Crippen LogP contribution in [0.4, 0.5) is 11.4 Å². The number of nitrogens with zero attached hydrogens (tertiary/aromatic N) is 1. The molecule has 1 amide bonds. The molecule has 2 rings (SSSR count). The molecule has 1 aromatic carbocycles. The summed E-state index contributed by atoms with van der Waals surface area (Å²) in [5.41, 5.74) is 0.335. The van der Waals surface area contributed by atoms with Crippen molar-refractivity contribution in [3.63, 3.8) is 0 Å². The normalized spacial score (nSPS) is 13.1. The van der Waals surface area contributed by atoms with Gasteiger partial charge in [-0.1, -0.05) is 6.07 Å². The summed E-state index contributed by atoms with van der Waals surface area (Å²) < 4.78 is 5.14. The second-order valence-electron chi connectivity index (χ2n) is 5.46. The number of benzene rings is 1. The van der Waals surface area contributed by atoms with Crippen LogP contribution in [0.2, 0.25) is 0 Å². The summed E-state index contributed by atoms with van der Waals surface area (Å²) in [4.78, 5) is 25.0. The van der Waals surface area contributed by atoms with Gasteiger partial charge < -0.3 is 15.0 Å². The van der Waals surface area contributed by atoms with Crippen molar-refractivity contribution in [2.24, 2.45) is 0 Å². The maximum atomic E-state index is 12.5. The number of carbonyl (C=O) groups is 1. The highest BCUT2D eigenvalue weighted by atomic mass is 32.1. The molecule has 1 heterocycles. The molecule has 1 aromatic heterocycles. The molecule has 8 heteroatoms. The van der Waals surface area contributed by atoms with E-state index < -0.39 is 4.92 Å². The average Bonchev–Trinajstić information content (AvgIpc) is 3.07. The number of nitrogens with one attached hydrogen (secondary N) is 2. The van der Waals surface area contributed by atoms with E-state index in [0.717, 1.165) is 11.4 Å². The number of nitro benzene ring substituents is 1. The van der Waals surface area contributed by atoms with Crippen LogP contribution in [0.15, 0.2) is 35.7 Å². The standard InChI is InChI=1S/C16H19N3O4S/c1-11(18(2)10-13-5-4-8-24-13)16(20)17-14-7-6-12(19(21)22)9-15(14)23-3/h4-9,11H,10H2,1-3H3,(H,17,20)/p+1/t11-/m1/s1. The molecule has 128 valence electrons. The molecular formula is C16H20N3O4S+. The third-order valence-electron chi connectivity index (χ3n) is 3.82. The minimum atomic E-state index is -0.504. The molecule has 1 unspecified atom stereocenters. The van der Waals surface area contributed by atoms with E-state index in [0.29, 0.717) is 5.69 Å². The van der Waals surface area contributed by atoms with Gasteiger partial charge in [0.1, 0.15) is 12.3 Å². The molecule has 0 radical (unpaired) electrons. The molecule has 0 spiro atoms. The zero-order valence-corrected chi connectivity index (χ0v) is 14.6. The Morgan fingerprint density at radius 1 is 1.46 bits per heavy atom. The lowest BCUT2D eigenvalue weighted by atomic mass is 10.2. The summed E-state index contributed by atoms with van der Waals surface area (Å²) in [6, 6.07) is 7.86. The number of ether oxygens (including phenoxy) is 1. The molecule has 0 saturated heterocycles. The van der Waals surface area contributed by atoms with Crippen LogP contribution >= 0.6 is 11.3 Å². The van der Waals surface area contributed by atoms with Gasteiger partial charge in [0.25, 0.3) is 11.6 Å². The Morgan fingerprint density at radius 3 is 2.79 bits per heavy atom. The van der Waals surface area contributed by atoms with E-state index in [-0.39, 0.29) is 23.4 Å². The number of thiophene rings is 1. The first-order valence-electron chi connectivity index (χ1n) is 7.40. The van der Waals surface area contributed by atoms with Crippen LogP contribution in [0, 0.1) is 10.1 Å². The van der Waals surface area contributed by atoms with E-state index in [1.165, 1.54) is 30.2 Å². The minimum absolute atomic E-state index is 0.0849. The molecule has 0 fully saturated rings. The molecule has 0 bridgehead atoms. The monoisotopic (exact) mass is 350 g/mol. The molecule has 0 aliphatic rings. The lowest BCUT2D eigenvalue weighted by Gasteiger charge is -2.21. The van der Waals surface area contributed by atoms with E-state index in [9.17, 15) is 14.9 Å². The lowest BCUT2D eigenvalue weighted by molar-refractivity contribution is -0.907. The Hall–Kier alpha value is -2.45. The Labute approximate surface area is 144 Å². The highest BCUT2D eigenvalue weighted by Gasteiger charge is 2.23. The summed E-state index contributed by atoms with van der Waals surface area (Å²) in [5, 5.41) is 15.6. The number of hydrogen-bond donors (Lipinski definition) is 2. The molecular weight excluding hydrogens is 330 g/mol. The van der Waals surface area contributed by atoms with E-state index >= 15 is 0 Å². The summed E-state index contributed by atoms with van der Waals surface area (Å²) in [5.74, 6) is 0.0943. The van der Waals surface area contributed by atoms with Crippen molar-refractivity contribution in [1.82, 2.24) is 0 Å². The van der Waals surface area contributed by atoms with Crippen LogP contribution in [0.25, 0.3) is 0 Å². The second kappa shape index (κ2) is 7.89. The topological polar surface area (TPSA) is 85.9 Å². The van der Waals surface area contributed by atoms with Crippen LogP contribution in [0.5, 0.6) is 5.75 Å². The van der Waals surface area contributed by atoms with Gasteiger partial charge in [-0.2, -0.15) is 0 Å². The SMILES string of the molecule is COc1cc([N+](=O)[O-])ccc1NC(=O)[C@@H](C)[NH+](C)Cc1cccs1. The maximum Gasteiger partial charge on any atom is 0.282 e. The molecule has 2 aromatic rings. The smallest absolute Gasteiger partial charge is 0.282 e. The number of likely N-dealkylation sites (N-methyl/N-ethyl adjacent to an activating group) is 1. The van der Waals surface area contributed by atoms with Crippen LogP contribution in [-0.4, -0.2) is 31.0 Å². The number of anilines is 1. The molecule has 2 N–H and O–H groups in total. The van der Waals surface area contributed by atoms with Crippen LogP contribution in [0.3, 0.4) is 0 Å². The fourth-order valence-electron chi connectivity index (χ4n) is 2.20. The third-order valence-corrected chi connectivity index (χ3v) is 4.70. The fraction of sp³-hybridized carbons (Fsp3) is 0.312. The quantitative estimate of drug-likeness (QED) is 0.588. The predicted octanol–water partition coefficient (Wildman–Crippen LogP) is 1.71. The first-order valence-corrected chi connectivity index (χ1v) is 8.28. The van der Waals surface area contributed by atoms with Crippen molar-refractivity contribution in [3.8, 4) is 5.75 Å². The van der Waals surface area contributed by atoms with Crippen LogP contribution in [-0.2, 0) is 11.3 Å². The molecule has 24 heavy (non-hydrogen) atoms. The maximum absolute atomic E-state index is 12.5. The molecule has 0 aliphatic carbocycles. The van der Waals surface area contributed by atoms with Crippen LogP contribution < -0.4 is 15.0 Å². The van der Waals surface area contributed by atoms with Crippen molar-refractivity contribution in [3.05, 3.63) is 50.7 Å². The van der Waals surface area contributed by atoms with Crippen molar-refractivity contribution in [2.45, 2.75) is 19.5 Å². The first kappa shape index (κ1) is 17.9. The summed E-state index contributed by atoms with van der Waals surface area (Å²) in [7, 11) is 3.36. The minimum Gasteiger partial charge on any atom is -0.494 e. The van der Waals surface area contributed by atoms with E-state index in [1.807, 2.05) is 31.5 Å². The number of amides is 1. The third kappa shape index (κ3) is 4.30. The van der Waals surface area contributed by atoms with Crippen molar-refractivity contribution in [1.29, 1.82) is 0 Å². The number of rotatable bonds is 7. The Kier molecular flexibility index (Phi) is 5.88. The highest BCUT2D eigenvalue weighted by molar-refractivity contribution is 7.09. The van der Waals surface area contributed by atoms with Gasteiger partial charge in [0.05, 0.1) is 35.7 Å².